The maximum Gasteiger partial charge on any atom is 0.213 e. The number of hydrogen-bond acceptors (Lipinski definition) is 3. The largest absolute Gasteiger partial charge is 0.299 e. The van der Waals surface area contributed by atoms with Gasteiger partial charge >= 0.3 is 0 Å². The number of allylic oxidation sites excluding steroid dienone is 2. The molecule has 1 saturated carbocycles. The van der Waals surface area contributed by atoms with E-state index in [9.17, 15) is 14.9 Å². The predicted molar refractivity (Wildman–Crippen MR) is 47.9 cm³/mol. The fourth-order valence-electron chi connectivity index (χ4n) is 1.71. The molecule has 0 heterocycles. The molecule has 0 aromatic carbocycles. The number of carbonyl (C=O) groups is 1. The van der Waals surface area contributed by atoms with Gasteiger partial charge in [-0.2, -0.15) is 0 Å². The van der Waals surface area contributed by atoms with Gasteiger partial charge in [0.25, 0.3) is 0 Å². The summed E-state index contributed by atoms with van der Waals surface area (Å²) >= 11 is 0. The molecule has 0 atom stereocenters. The number of carbonyl (C=O) groups excluding carboxylic acids is 1. The Bertz CT molecular complexity index is 217. The molecular formula is C9H13NO3. The number of nitro groups is 1. The third-order valence-corrected chi connectivity index (χ3v) is 2.50. The molecule has 13 heavy (non-hydrogen) atoms. The van der Waals surface area contributed by atoms with Crippen LogP contribution in [0.1, 0.15) is 25.7 Å². The van der Waals surface area contributed by atoms with E-state index in [2.05, 4.69) is 0 Å². The average Bonchev–Trinajstić information content (AvgIpc) is 2.15. The van der Waals surface area contributed by atoms with Gasteiger partial charge in [-0.3, -0.25) is 14.9 Å². The second-order valence-electron chi connectivity index (χ2n) is 3.37. The smallest absolute Gasteiger partial charge is 0.213 e. The molecule has 72 valence electrons. The summed E-state index contributed by atoms with van der Waals surface area (Å²) in [6, 6.07) is -0.360. The average molecular weight is 183 g/mol. The fraction of sp³-hybridized carbons (Fsp3) is 0.667. The van der Waals surface area contributed by atoms with Crippen LogP contribution in [0.15, 0.2) is 12.2 Å². The summed E-state index contributed by atoms with van der Waals surface area (Å²) in [4.78, 5) is 20.2. The maximum atomic E-state index is 10.4. The highest BCUT2D eigenvalue weighted by atomic mass is 16.6. The standard InChI is InChI=1S/C9H13NO3/c11-7-1-2-8-3-5-9(6-4-8)10(12)13/h1-2,7-9H,3-6H2. The lowest BCUT2D eigenvalue weighted by molar-refractivity contribution is -0.526. The molecule has 1 aliphatic carbocycles. The van der Waals surface area contributed by atoms with Crippen molar-refractivity contribution in [2.75, 3.05) is 0 Å². The third kappa shape index (κ3) is 2.97. The van der Waals surface area contributed by atoms with E-state index in [1.54, 1.807) is 0 Å². The molecule has 0 radical (unpaired) electrons. The first-order valence-electron chi connectivity index (χ1n) is 4.49. The molecule has 1 aliphatic rings. The molecular weight excluding hydrogens is 170 g/mol. The van der Waals surface area contributed by atoms with Crippen LogP contribution in [0.3, 0.4) is 0 Å². The summed E-state index contributed by atoms with van der Waals surface area (Å²) in [6.45, 7) is 0. The van der Waals surface area contributed by atoms with Crippen LogP contribution in [0.2, 0.25) is 0 Å². The van der Waals surface area contributed by atoms with Crippen molar-refractivity contribution in [2.45, 2.75) is 31.7 Å². The Morgan fingerprint density at radius 3 is 2.31 bits per heavy atom. The van der Waals surface area contributed by atoms with Crippen molar-refractivity contribution in [1.82, 2.24) is 0 Å². The van der Waals surface area contributed by atoms with Crippen molar-refractivity contribution in [3.05, 3.63) is 22.3 Å². The Morgan fingerprint density at radius 2 is 1.85 bits per heavy atom. The van der Waals surface area contributed by atoms with Gasteiger partial charge in [0.2, 0.25) is 6.04 Å². The number of nitrogens with zero attached hydrogens (tertiary/aromatic N) is 1. The zero-order valence-corrected chi connectivity index (χ0v) is 7.39. The monoisotopic (exact) mass is 183 g/mol. The van der Waals surface area contributed by atoms with E-state index in [1.165, 1.54) is 6.08 Å². The lowest BCUT2D eigenvalue weighted by Crippen LogP contribution is -2.25. The first-order valence-corrected chi connectivity index (χ1v) is 4.49. The van der Waals surface area contributed by atoms with Crippen LogP contribution in [0, 0.1) is 16.0 Å². The van der Waals surface area contributed by atoms with Gasteiger partial charge < -0.3 is 0 Å². The van der Waals surface area contributed by atoms with Crippen LogP contribution in [0.25, 0.3) is 0 Å². The molecule has 0 N–H and O–H groups in total. The van der Waals surface area contributed by atoms with Gasteiger partial charge in [-0.25, -0.2) is 0 Å². The van der Waals surface area contributed by atoms with Crippen LogP contribution >= 0.6 is 0 Å². The Kier molecular flexibility index (Phi) is 3.61. The zero-order chi connectivity index (χ0) is 9.68. The van der Waals surface area contributed by atoms with Crippen LogP contribution in [-0.4, -0.2) is 17.3 Å². The van der Waals surface area contributed by atoms with E-state index in [-0.39, 0.29) is 11.0 Å². The minimum Gasteiger partial charge on any atom is -0.299 e. The van der Waals surface area contributed by atoms with Crippen LogP contribution < -0.4 is 0 Å². The topological polar surface area (TPSA) is 60.2 Å². The molecule has 1 rings (SSSR count). The molecule has 1 fully saturated rings. The van der Waals surface area contributed by atoms with Gasteiger partial charge in [-0.1, -0.05) is 6.08 Å². The maximum absolute atomic E-state index is 10.4. The van der Waals surface area contributed by atoms with E-state index in [4.69, 9.17) is 0 Å². The van der Waals surface area contributed by atoms with Crippen molar-refractivity contribution < 1.29 is 9.72 Å². The van der Waals surface area contributed by atoms with Crippen LogP contribution in [-0.2, 0) is 4.79 Å². The molecule has 0 bridgehead atoms. The Balaban J connectivity index is 2.34. The van der Waals surface area contributed by atoms with Crippen LogP contribution in [0.5, 0.6) is 0 Å². The van der Waals surface area contributed by atoms with Crippen LogP contribution in [0.4, 0.5) is 0 Å². The lowest BCUT2D eigenvalue weighted by Gasteiger charge is -2.20. The van der Waals surface area contributed by atoms with Gasteiger partial charge in [0, 0.05) is 17.8 Å². The molecule has 0 saturated heterocycles. The third-order valence-electron chi connectivity index (χ3n) is 2.50. The zero-order valence-electron chi connectivity index (χ0n) is 7.39. The highest BCUT2D eigenvalue weighted by molar-refractivity contribution is 5.64. The SMILES string of the molecule is O=CC=CC1CCC([N+](=O)[O-])CC1. The highest BCUT2D eigenvalue weighted by Crippen LogP contribution is 2.26. The molecule has 0 amide bonds. The number of rotatable bonds is 3. The molecule has 4 heteroatoms. The second-order valence-corrected chi connectivity index (χ2v) is 3.37. The van der Waals surface area contributed by atoms with Gasteiger partial charge in [-0.15, -0.1) is 0 Å². The first kappa shape index (κ1) is 9.89. The predicted octanol–water partition coefficient (Wildman–Crippen LogP) is 1.58. The fourth-order valence-corrected chi connectivity index (χ4v) is 1.71. The number of aldehydes is 1. The Morgan fingerprint density at radius 1 is 1.23 bits per heavy atom. The highest BCUT2D eigenvalue weighted by Gasteiger charge is 2.26. The molecule has 0 aliphatic heterocycles. The summed E-state index contributed by atoms with van der Waals surface area (Å²) < 4.78 is 0. The van der Waals surface area contributed by atoms with E-state index < -0.39 is 0 Å². The molecule has 0 spiro atoms. The van der Waals surface area contributed by atoms with Crippen molar-refractivity contribution in [3.63, 3.8) is 0 Å². The Labute approximate surface area is 76.8 Å². The van der Waals surface area contributed by atoms with Crippen molar-refractivity contribution in [1.29, 1.82) is 0 Å². The van der Waals surface area contributed by atoms with E-state index >= 15 is 0 Å². The summed E-state index contributed by atoms with van der Waals surface area (Å²) in [5.41, 5.74) is 0. The molecule has 4 nitrogen and oxygen atoms in total. The summed E-state index contributed by atoms with van der Waals surface area (Å²) in [5, 5.41) is 10.4. The van der Waals surface area contributed by atoms with Gasteiger partial charge in [0.1, 0.15) is 6.29 Å². The number of hydrogen-bond donors (Lipinski definition) is 0. The molecule has 0 aromatic heterocycles. The summed E-state index contributed by atoms with van der Waals surface area (Å²) in [6.07, 6.45) is 7.02. The van der Waals surface area contributed by atoms with E-state index in [1.807, 2.05) is 6.08 Å². The molecule has 0 unspecified atom stereocenters. The minimum absolute atomic E-state index is 0.195. The van der Waals surface area contributed by atoms with Crippen molar-refractivity contribution in [3.8, 4) is 0 Å². The normalized spacial score (nSPS) is 28.9. The molecule has 0 aromatic rings. The summed E-state index contributed by atoms with van der Waals surface area (Å²) in [7, 11) is 0. The van der Waals surface area contributed by atoms with Crippen molar-refractivity contribution >= 4 is 6.29 Å². The second kappa shape index (κ2) is 4.74. The minimum atomic E-state index is -0.360. The quantitative estimate of drug-likeness (QED) is 0.289. The summed E-state index contributed by atoms with van der Waals surface area (Å²) in [5.74, 6) is 0.362. The lowest BCUT2D eigenvalue weighted by atomic mass is 9.86. The van der Waals surface area contributed by atoms with E-state index in [0.717, 1.165) is 19.1 Å². The van der Waals surface area contributed by atoms with Gasteiger partial charge in [0.05, 0.1) is 0 Å². The van der Waals surface area contributed by atoms with Gasteiger partial charge in [0.15, 0.2) is 0 Å². The Hall–Kier alpha value is -1.19. The van der Waals surface area contributed by atoms with Gasteiger partial charge in [-0.05, 0) is 24.8 Å². The van der Waals surface area contributed by atoms with Crippen molar-refractivity contribution in [2.24, 2.45) is 5.92 Å². The first-order chi connectivity index (χ1) is 6.24. The van der Waals surface area contributed by atoms with E-state index in [0.29, 0.717) is 18.8 Å².